The molecule has 1 aliphatic heterocycles. The fourth-order valence-electron chi connectivity index (χ4n) is 7.64. The van der Waals surface area contributed by atoms with Gasteiger partial charge in [0.2, 0.25) is 0 Å². The van der Waals surface area contributed by atoms with Gasteiger partial charge in [0.05, 0.1) is 6.61 Å². The zero-order valence-electron chi connectivity index (χ0n) is 18.4. The quantitative estimate of drug-likeness (QED) is 0.680. The second kappa shape index (κ2) is 7.85. The predicted molar refractivity (Wildman–Crippen MR) is 116 cm³/mol. The maximum Gasteiger partial charge on any atom is 0.303 e. The predicted octanol–water partition coefficient (Wildman–Crippen LogP) is 5.79. The van der Waals surface area contributed by atoms with Crippen molar-refractivity contribution in [2.75, 3.05) is 6.61 Å². The van der Waals surface area contributed by atoms with E-state index in [0.29, 0.717) is 36.0 Å². The Labute approximate surface area is 180 Å². The number of fused-ring (bicyclic) bond motifs is 5. The largest absolute Gasteiger partial charge is 0.481 e. The Morgan fingerprint density at radius 1 is 1.23 bits per heavy atom. The minimum Gasteiger partial charge on any atom is -0.481 e. The lowest BCUT2D eigenvalue weighted by Crippen LogP contribution is -2.45. The van der Waals surface area contributed by atoms with Gasteiger partial charge in [-0.1, -0.05) is 19.9 Å². The standard InChI is InChI=1S/C26H36O4/c1-16-13-17-14-19(30-24-5-3-4-12-29-24)7-8-20(17)21-10-11-26(2)18(15-23(27)28)6-9-22(26)25(16)21/h7-8,14,16,18,21-22,24-25H,3-6,9-13,15H2,1-2H3,(H,27,28)/t16?,18-,21-,22+,24?,25-,26-/m1/s1. The van der Waals surface area contributed by atoms with Gasteiger partial charge in [-0.05, 0) is 103 Å². The summed E-state index contributed by atoms with van der Waals surface area (Å²) in [5.41, 5.74) is 3.19. The summed E-state index contributed by atoms with van der Waals surface area (Å²) in [5.74, 6) is 3.27. The molecule has 1 aromatic rings. The second-order valence-electron chi connectivity index (χ2n) is 10.7. The van der Waals surface area contributed by atoms with Gasteiger partial charge in [-0.15, -0.1) is 0 Å². The molecular formula is C26H36O4. The van der Waals surface area contributed by atoms with Crippen molar-refractivity contribution in [2.24, 2.45) is 29.1 Å². The van der Waals surface area contributed by atoms with Crippen molar-refractivity contribution in [3.8, 4) is 5.75 Å². The summed E-state index contributed by atoms with van der Waals surface area (Å²) < 4.78 is 11.9. The lowest BCUT2D eigenvalue weighted by Gasteiger charge is -2.53. The smallest absolute Gasteiger partial charge is 0.303 e. The molecule has 0 radical (unpaired) electrons. The summed E-state index contributed by atoms with van der Waals surface area (Å²) in [6.45, 7) is 5.63. The molecule has 0 amide bonds. The molecule has 1 heterocycles. The number of carbonyl (C=O) groups is 1. The molecule has 164 valence electrons. The van der Waals surface area contributed by atoms with Gasteiger partial charge in [0.15, 0.2) is 6.29 Å². The number of hydrogen-bond donors (Lipinski definition) is 1. The van der Waals surface area contributed by atoms with Crippen molar-refractivity contribution >= 4 is 5.97 Å². The molecule has 4 nitrogen and oxygen atoms in total. The molecule has 1 aromatic carbocycles. The topological polar surface area (TPSA) is 55.8 Å². The van der Waals surface area contributed by atoms with Crippen LogP contribution in [0.3, 0.4) is 0 Å². The van der Waals surface area contributed by atoms with E-state index in [0.717, 1.165) is 44.5 Å². The van der Waals surface area contributed by atoms with Crippen LogP contribution in [0.1, 0.15) is 82.3 Å². The maximum absolute atomic E-state index is 11.4. The van der Waals surface area contributed by atoms with E-state index in [9.17, 15) is 9.90 Å². The SMILES string of the molecule is CC1Cc2cc(OC3CCCCO3)ccc2[C@H]2CC[C@]3(C)[C@@H](CC(=O)O)CC[C@H]3[C@H]12. The monoisotopic (exact) mass is 412 g/mol. The Hall–Kier alpha value is -1.55. The first-order chi connectivity index (χ1) is 14.5. The van der Waals surface area contributed by atoms with Gasteiger partial charge in [-0.3, -0.25) is 4.79 Å². The van der Waals surface area contributed by atoms with Gasteiger partial charge in [-0.2, -0.15) is 0 Å². The molecule has 30 heavy (non-hydrogen) atoms. The van der Waals surface area contributed by atoms with Gasteiger partial charge in [0, 0.05) is 12.8 Å². The van der Waals surface area contributed by atoms with E-state index < -0.39 is 5.97 Å². The van der Waals surface area contributed by atoms with E-state index in [1.54, 1.807) is 0 Å². The van der Waals surface area contributed by atoms with Crippen molar-refractivity contribution in [3.63, 3.8) is 0 Å². The fourth-order valence-corrected chi connectivity index (χ4v) is 7.64. The average Bonchev–Trinajstić information content (AvgIpc) is 3.04. The van der Waals surface area contributed by atoms with E-state index in [2.05, 4.69) is 32.0 Å². The van der Waals surface area contributed by atoms with Crippen LogP contribution < -0.4 is 4.74 Å². The zero-order chi connectivity index (χ0) is 20.9. The first-order valence-electron chi connectivity index (χ1n) is 12.1. The highest BCUT2D eigenvalue weighted by molar-refractivity contribution is 5.67. The van der Waals surface area contributed by atoms with Gasteiger partial charge in [0.25, 0.3) is 0 Å². The molecule has 0 spiro atoms. The van der Waals surface area contributed by atoms with Gasteiger partial charge < -0.3 is 14.6 Å². The van der Waals surface area contributed by atoms with Gasteiger partial charge >= 0.3 is 5.97 Å². The summed E-state index contributed by atoms with van der Waals surface area (Å²) >= 11 is 0. The van der Waals surface area contributed by atoms with Crippen LogP contribution in [-0.4, -0.2) is 24.0 Å². The third-order valence-electron chi connectivity index (χ3n) is 9.07. The van der Waals surface area contributed by atoms with E-state index >= 15 is 0 Å². The number of hydrogen-bond acceptors (Lipinski definition) is 3. The summed E-state index contributed by atoms with van der Waals surface area (Å²) in [7, 11) is 0. The zero-order valence-corrected chi connectivity index (χ0v) is 18.4. The molecule has 2 saturated carbocycles. The summed E-state index contributed by atoms with van der Waals surface area (Å²) in [6, 6.07) is 6.75. The molecule has 1 saturated heterocycles. The van der Waals surface area contributed by atoms with Crippen LogP contribution in [0.2, 0.25) is 0 Å². The Morgan fingerprint density at radius 2 is 2.10 bits per heavy atom. The van der Waals surface area contributed by atoms with Crippen LogP contribution in [0.5, 0.6) is 5.75 Å². The minimum absolute atomic E-state index is 0.0920. The van der Waals surface area contributed by atoms with Crippen LogP contribution >= 0.6 is 0 Å². The third-order valence-corrected chi connectivity index (χ3v) is 9.07. The van der Waals surface area contributed by atoms with Crippen molar-refractivity contribution in [1.29, 1.82) is 0 Å². The van der Waals surface area contributed by atoms with E-state index in [4.69, 9.17) is 9.47 Å². The molecule has 5 rings (SSSR count). The van der Waals surface area contributed by atoms with Crippen LogP contribution in [0.25, 0.3) is 0 Å². The first kappa shape index (κ1) is 20.4. The highest BCUT2D eigenvalue weighted by Crippen LogP contribution is 2.64. The Morgan fingerprint density at radius 3 is 2.87 bits per heavy atom. The first-order valence-corrected chi connectivity index (χ1v) is 12.1. The Kier molecular flexibility index (Phi) is 5.33. The average molecular weight is 413 g/mol. The molecule has 3 fully saturated rings. The number of rotatable bonds is 4. The number of benzene rings is 1. The molecule has 0 aromatic heterocycles. The molecule has 2 unspecified atom stereocenters. The van der Waals surface area contributed by atoms with Gasteiger partial charge in [-0.25, -0.2) is 0 Å². The minimum atomic E-state index is -0.625. The molecule has 3 aliphatic carbocycles. The molecule has 7 atom stereocenters. The van der Waals surface area contributed by atoms with Crippen LogP contribution in [-0.2, 0) is 16.0 Å². The van der Waals surface area contributed by atoms with Crippen LogP contribution in [0.15, 0.2) is 18.2 Å². The molecule has 4 aliphatic rings. The highest BCUT2D eigenvalue weighted by atomic mass is 16.7. The maximum atomic E-state index is 11.4. The van der Waals surface area contributed by atoms with E-state index in [1.807, 2.05) is 0 Å². The van der Waals surface area contributed by atoms with Gasteiger partial charge in [0.1, 0.15) is 5.75 Å². The number of carboxylic acids is 1. The summed E-state index contributed by atoms with van der Waals surface area (Å²) in [5, 5.41) is 9.42. The van der Waals surface area contributed by atoms with Crippen molar-refractivity contribution < 1.29 is 19.4 Å². The van der Waals surface area contributed by atoms with Crippen LogP contribution in [0.4, 0.5) is 0 Å². The molecule has 4 heteroatoms. The van der Waals surface area contributed by atoms with Crippen LogP contribution in [0, 0.1) is 29.1 Å². The van der Waals surface area contributed by atoms with E-state index in [1.165, 1.54) is 30.4 Å². The highest BCUT2D eigenvalue weighted by Gasteiger charge is 2.56. The normalized spacial score (nSPS) is 40.2. The number of ether oxygens (including phenoxy) is 2. The molecule has 1 N–H and O–H groups in total. The molecular weight excluding hydrogens is 376 g/mol. The number of aliphatic carboxylic acids is 1. The second-order valence-corrected chi connectivity index (χ2v) is 10.7. The van der Waals surface area contributed by atoms with E-state index in [-0.39, 0.29) is 11.7 Å². The van der Waals surface area contributed by atoms with Crippen molar-refractivity contribution in [3.05, 3.63) is 29.3 Å². The summed E-state index contributed by atoms with van der Waals surface area (Å²) in [4.78, 5) is 11.4. The Balaban J connectivity index is 1.37. The Bertz CT molecular complexity index is 798. The third kappa shape index (κ3) is 3.45. The van der Waals surface area contributed by atoms with Crippen molar-refractivity contribution in [1.82, 2.24) is 0 Å². The summed E-state index contributed by atoms with van der Waals surface area (Å²) in [6.07, 6.45) is 9.31. The molecule has 0 bridgehead atoms. The lowest BCUT2D eigenvalue weighted by molar-refractivity contribution is -0.139. The van der Waals surface area contributed by atoms with Crippen molar-refractivity contribution in [2.45, 2.75) is 83.8 Å². The fraction of sp³-hybridized carbons (Fsp3) is 0.731. The number of carboxylic acid groups (broad SMARTS) is 1. The lowest BCUT2D eigenvalue weighted by atomic mass is 9.51.